The summed E-state index contributed by atoms with van der Waals surface area (Å²) in [6, 6.07) is 6.78. The molecular formula is C19H33IN4O. The number of halogens is 1. The number of nitrogens with one attached hydrogen (secondary N) is 2. The Bertz CT molecular complexity index is 542. The van der Waals surface area contributed by atoms with E-state index >= 15 is 0 Å². The van der Waals surface area contributed by atoms with Crippen molar-refractivity contribution in [1.82, 2.24) is 15.5 Å². The van der Waals surface area contributed by atoms with Crippen LogP contribution in [-0.4, -0.2) is 50.7 Å². The molecule has 1 heterocycles. The summed E-state index contributed by atoms with van der Waals surface area (Å²) >= 11 is 0. The van der Waals surface area contributed by atoms with Crippen molar-refractivity contribution in [1.29, 1.82) is 0 Å². The first kappa shape index (κ1) is 22.0. The van der Waals surface area contributed by atoms with Gasteiger partial charge in [-0.25, -0.2) is 0 Å². The molecule has 1 aromatic carbocycles. The predicted octanol–water partition coefficient (Wildman–Crippen LogP) is 3.16. The van der Waals surface area contributed by atoms with E-state index < -0.39 is 0 Å². The Morgan fingerprint density at radius 3 is 2.60 bits per heavy atom. The Morgan fingerprint density at radius 1 is 1.32 bits per heavy atom. The number of nitrogens with zero attached hydrogens (tertiary/aromatic N) is 2. The topological polar surface area (TPSA) is 48.9 Å². The molecule has 6 heteroatoms. The van der Waals surface area contributed by atoms with Crippen LogP contribution < -0.4 is 15.4 Å². The van der Waals surface area contributed by atoms with Gasteiger partial charge < -0.3 is 20.3 Å². The van der Waals surface area contributed by atoms with Crippen molar-refractivity contribution in [3.8, 4) is 5.75 Å². The summed E-state index contributed by atoms with van der Waals surface area (Å²) in [4.78, 5) is 6.91. The minimum absolute atomic E-state index is 0. The lowest BCUT2D eigenvalue weighted by Crippen LogP contribution is -2.48. The number of methoxy groups -OCH3 is 1. The van der Waals surface area contributed by atoms with E-state index in [4.69, 9.17) is 4.74 Å². The molecule has 0 spiro atoms. The Hall–Kier alpha value is -1.02. The molecule has 1 aliphatic heterocycles. The van der Waals surface area contributed by atoms with Crippen molar-refractivity contribution in [2.24, 2.45) is 4.99 Å². The average molecular weight is 460 g/mol. The fourth-order valence-electron chi connectivity index (χ4n) is 3.24. The van der Waals surface area contributed by atoms with Crippen LogP contribution in [0.1, 0.15) is 37.3 Å². The van der Waals surface area contributed by atoms with Gasteiger partial charge in [0.05, 0.1) is 7.11 Å². The van der Waals surface area contributed by atoms with Crippen LogP contribution in [0.2, 0.25) is 0 Å². The van der Waals surface area contributed by atoms with Gasteiger partial charge in [-0.05, 0) is 49.9 Å². The third-order valence-electron chi connectivity index (χ3n) is 4.61. The average Bonchev–Trinajstić information content (AvgIpc) is 2.60. The smallest absolute Gasteiger partial charge is 0.191 e. The molecule has 2 N–H and O–H groups in total. The number of aryl methyl sites for hydroxylation is 1. The van der Waals surface area contributed by atoms with Gasteiger partial charge in [0.1, 0.15) is 5.75 Å². The van der Waals surface area contributed by atoms with Gasteiger partial charge in [0, 0.05) is 32.7 Å². The summed E-state index contributed by atoms with van der Waals surface area (Å²) < 4.78 is 5.31. The third-order valence-corrected chi connectivity index (χ3v) is 4.61. The largest absolute Gasteiger partial charge is 0.496 e. The zero-order chi connectivity index (χ0) is 17.4. The second kappa shape index (κ2) is 11.6. The fraction of sp³-hybridized carbons (Fsp3) is 0.632. The van der Waals surface area contributed by atoms with Crippen molar-refractivity contribution in [3.63, 3.8) is 0 Å². The van der Waals surface area contributed by atoms with Crippen molar-refractivity contribution in [2.45, 2.75) is 45.7 Å². The quantitative estimate of drug-likeness (QED) is 0.389. The number of benzene rings is 1. The highest BCUT2D eigenvalue weighted by molar-refractivity contribution is 14.0. The second-order valence-corrected chi connectivity index (χ2v) is 6.49. The molecule has 1 fully saturated rings. The molecule has 1 aromatic rings. The minimum atomic E-state index is 0. The minimum Gasteiger partial charge on any atom is -0.496 e. The maximum atomic E-state index is 5.31. The monoisotopic (exact) mass is 460 g/mol. The van der Waals surface area contributed by atoms with E-state index in [1.807, 2.05) is 13.1 Å². The predicted molar refractivity (Wildman–Crippen MR) is 116 cm³/mol. The van der Waals surface area contributed by atoms with Crippen LogP contribution in [0.15, 0.2) is 23.2 Å². The first-order valence-electron chi connectivity index (χ1n) is 8.99. The van der Waals surface area contributed by atoms with Crippen LogP contribution in [-0.2, 0) is 6.54 Å². The van der Waals surface area contributed by atoms with Crippen LogP contribution in [0.3, 0.4) is 0 Å². The molecule has 0 aliphatic carbocycles. The molecule has 0 atom stereocenters. The zero-order valence-electron chi connectivity index (χ0n) is 16.0. The molecule has 1 saturated heterocycles. The van der Waals surface area contributed by atoms with E-state index in [1.165, 1.54) is 44.5 Å². The Morgan fingerprint density at radius 2 is 2.04 bits per heavy atom. The van der Waals surface area contributed by atoms with E-state index in [2.05, 4.69) is 46.5 Å². The van der Waals surface area contributed by atoms with E-state index in [1.54, 1.807) is 7.11 Å². The van der Waals surface area contributed by atoms with Gasteiger partial charge >= 0.3 is 0 Å². The highest BCUT2D eigenvalue weighted by atomic mass is 127. The van der Waals surface area contributed by atoms with Gasteiger partial charge in [0.2, 0.25) is 0 Å². The number of likely N-dealkylation sites (tertiary alicyclic amines) is 1. The molecule has 142 valence electrons. The van der Waals surface area contributed by atoms with Crippen LogP contribution in [0.25, 0.3) is 0 Å². The molecule has 0 amide bonds. The van der Waals surface area contributed by atoms with Gasteiger partial charge in [-0.1, -0.05) is 19.1 Å². The first-order valence-corrected chi connectivity index (χ1v) is 8.99. The van der Waals surface area contributed by atoms with Crippen LogP contribution >= 0.6 is 24.0 Å². The summed E-state index contributed by atoms with van der Waals surface area (Å²) in [6.45, 7) is 8.66. The van der Waals surface area contributed by atoms with Crippen LogP contribution in [0.5, 0.6) is 5.75 Å². The molecule has 0 saturated carbocycles. The number of hydrogen-bond acceptors (Lipinski definition) is 3. The van der Waals surface area contributed by atoms with Crippen LogP contribution in [0, 0.1) is 6.92 Å². The molecule has 25 heavy (non-hydrogen) atoms. The summed E-state index contributed by atoms with van der Waals surface area (Å²) in [5, 5.41) is 6.98. The normalized spacial score (nSPS) is 16.2. The van der Waals surface area contributed by atoms with Crippen molar-refractivity contribution in [3.05, 3.63) is 29.3 Å². The van der Waals surface area contributed by atoms with Gasteiger partial charge in [0.15, 0.2) is 5.96 Å². The zero-order valence-corrected chi connectivity index (χ0v) is 18.3. The highest BCUT2D eigenvalue weighted by Crippen LogP contribution is 2.18. The number of aliphatic imine (C=N–C) groups is 1. The summed E-state index contributed by atoms with van der Waals surface area (Å²) in [7, 11) is 3.54. The molecule has 2 rings (SSSR count). The SMILES string of the molecule is CCCN1CCC(NC(=NC)NCc2ccc(OC)c(C)c2)CC1.I. The van der Waals surface area contributed by atoms with Crippen LogP contribution in [0.4, 0.5) is 0 Å². The van der Waals surface area contributed by atoms with E-state index in [0.717, 1.165) is 23.8 Å². The summed E-state index contributed by atoms with van der Waals surface area (Å²) in [5.74, 6) is 1.82. The lowest BCUT2D eigenvalue weighted by atomic mass is 10.1. The maximum Gasteiger partial charge on any atom is 0.191 e. The van der Waals surface area contributed by atoms with Crippen molar-refractivity contribution >= 4 is 29.9 Å². The van der Waals surface area contributed by atoms with Gasteiger partial charge in [-0.15, -0.1) is 24.0 Å². The van der Waals surface area contributed by atoms with Gasteiger partial charge in [-0.3, -0.25) is 4.99 Å². The molecule has 0 radical (unpaired) electrons. The van der Waals surface area contributed by atoms with Gasteiger partial charge in [0.25, 0.3) is 0 Å². The molecule has 1 aliphatic rings. The summed E-state index contributed by atoms with van der Waals surface area (Å²) in [5.41, 5.74) is 2.39. The highest BCUT2D eigenvalue weighted by Gasteiger charge is 2.19. The summed E-state index contributed by atoms with van der Waals surface area (Å²) in [6.07, 6.45) is 3.60. The van der Waals surface area contributed by atoms with Gasteiger partial charge in [-0.2, -0.15) is 0 Å². The number of ether oxygens (including phenoxy) is 1. The number of piperidine rings is 1. The molecule has 0 bridgehead atoms. The first-order chi connectivity index (χ1) is 11.7. The molecule has 0 aromatic heterocycles. The maximum absolute atomic E-state index is 5.31. The van der Waals surface area contributed by atoms with E-state index in [-0.39, 0.29) is 24.0 Å². The van der Waals surface area contributed by atoms with Crippen molar-refractivity contribution in [2.75, 3.05) is 33.8 Å². The van der Waals surface area contributed by atoms with E-state index in [9.17, 15) is 0 Å². The van der Waals surface area contributed by atoms with Crippen molar-refractivity contribution < 1.29 is 4.74 Å². The number of rotatable bonds is 6. The molecule has 0 unspecified atom stereocenters. The third kappa shape index (κ3) is 7.01. The number of hydrogen-bond donors (Lipinski definition) is 2. The van der Waals surface area contributed by atoms with E-state index in [0.29, 0.717) is 6.04 Å². The lowest BCUT2D eigenvalue weighted by molar-refractivity contribution is 0.206. The Labute approximate surface area is 169 Å². The molecular weight excluding hydrogens is 427 g/mol. The standard InChI is InChI=1S/C19H32N4O.HI/c1-5-10-23-11-8-17(9-12-23)22-19(20-3)21-14-16-6-7-18(24-4)15(2)13-16;/h6-7,13,17H,5,8-12,14H2,1-4H3,(H2,20,21,22);1H. The number of guanidine groups is 1. The molecule has 5 nitrogen and oxygen atoms in total. The Kier molecular flexibility index (Phi) is 10.2. The fourth-order valence-corrected chi connectivity index (χ4v) is 3.24. The second-order valence-electron chi connectivity index (χ2n) is 6.49. The lowest BCUT2D eigenvalue weighted by Gasteiger charge is -2.32. The Balaban J connectivity index is 0.00000312.